The molecule has 3 unspecified atom stereocenters. The molecule has 3 atom stereocenters. The molecule has 0 saturated carbocycles. The number of carbonyl (C=O) groups is 1. The maximum absolute atomic E-state index is 12.3. The molecule has 0 spiro atoms. The molecule has 0 aromatic carbocycles. The summed E-state index contributed by atoms with van der Waals surface area (Å²) >= 11 is 2.06. The fourth-order valence-electron chi connectivity index (χ4n) is 3.29. The summed E-state index contributed by atoms with van der Waals surface area (Å²) < 4.78 is 5.52. The smallest absolute Gasteiger partial charge is 0.410 e. The van der Waals surface area contributed by atoms with Crippen molar-refractivity contribution >= 4 is 17.9 Å². The Hall–Kier alpha value is -0.420. The van der Waals surface area contributed by atoms with E-state index in [4.69, 9.17) is 4.74 Å². The summed E-state index contributed by atoms with van der Waals surface area (Å²) in [4.78, 5) is 14.1. The third kappa shape index (κ3) is 5.65. The molecule has 0 aromatic rings. The van der Waals surface area contributed by atoms with Gasteiger partial charge in [-0.25, -0.2) is 4.79 Å². The zero-order chi connectivity index (χ0) is 16.2. The van der Waals surface area contributed by atoms with Crippen molar-refractivity contribution in [2.45, 2.75) is 71.1 Å². The van der Waals surface area contributed by atoms with E-state index in [2.05, 4.69) is 24.0 Å². The predicted octanol–water partition coefficient (Wildman–Crippen LogP) is 3.51. The molecule has 1 N–H and O–H groups in total. The number of ether oxygens (including phenoxy) is 1. The van der Waals surface area contributed by atoms with Crippen LogP contribution in [0, 0.1) is 5.92 Å². The molecule has 22 heavy (non-hydrogen) atoms. The highest BCUT2D eigenvalue weighted by Gasteiger charge is 2.31. The first-order valence-corrected chi connectivity index (χ1v) is 9.82. The van der Waals surface area contributed by atoms with Crippen LogP contribution in [0.3, 0.4) is 0 Å². The molecule has 2 aliphatic heterocycles. The Kier molecular flexibility index (Phi) is 6.45. The van der Waals surface area contributed by atoms with Crippen LogP contribution in [0.25, 0.3) is 0 Å². The van der Waals surface area contributed by atoms with Crippen LogP contribution in [-0.2, 0) is 4.74 Å². The summed E-state index contributed by atoms with van der Waals surface area (Å²) in [6.45, 7) is 9.72. The Bertz CT molecular complexity index is 364. The average Bonchev–Trinajstić information content (AvgIpc) is 2.46. The molecule has 0 aliphatic carbocycles. The largest absolute Gasteiger partial charge is 0.444 e. The first-order chi connectivity index (χ1) is 10.3. The summed E-state index contributed by atoms with van der Waals surface area (Å²) in [5.74, 6) is 3.07. The van der Waals surface area contributed by atoms with E-state index in [1.165, 1.54) is 30.8 Å². The number of nitrogens with one attached hydrogen (secondary N) is 1. The van der Waals surface area contributed by atoms with Crippen LogP contribution in [-0.4, -0.2) is 53.3 Å². The Balaban J connectivity index is 1.82. The zero-order valence-corrected chi connectivity index (χ0v) is 15.4. The van der Waals surface area contributed by atoms with Gasteiger partial charge < -0.3 is 15.0 Å². The molecule has 2 heterocycles. The fourth-order valence-corrected chi connectivity index (χ4v) is 4.38. The molecular formula is C17H32N2O2S. The lowest BCUT2D eigenvalue weighted by molar-refractivity contribution is 0.0146. The summed E-state index contributed by atoms with van der Waals surface area (Å²) in [6.07, 6.45) is 4.74. The fraction of sp³-hybridized carbons (Fsp3) is 0.941. The SMILES string of the molecule is CC(NC1CCCSC1)C1CCCN(C(=O)OC(C)(C)C)C1. The summed E-state index contributed by atoms with van der Waals surface area (Å²) in [6, 6.07) is 1.11. The van der Waals surface area contributed by atoms with Crippen molar-refractivity contribution in [2.24, 2.45) is 5.92 Å². The van der Waals surface area contributed by atoms with Crippen LogP contribution in [0.1, 0.15) is 53.4 Å². The van der Waals surface area contributed by atoms with E-state index < -0.39 is 5.60 Å². The van der Waals surface area contributed by atoms with Crippen LogP contribution in [0.4, 0.5) is 4.79 Å². The van der Waals surface area contributed by atoms with Gasteiger partial charge in [-0.3, -0.25) is 0 Å². The van der Waals surface area contributed by atoms with Gasteiger partial charge in [-0.1, -0.05) is 0 Å². The average molecular weight is 329 g/mol. The van der Waals surface area contributed by atoms with Crippen molar-refractivity contribution in [2.75, 3.05) is 24.6 Å². The second-order valence-corrected chi connectivity index (χ2v) is 8.85. The van der Waals surface area contributed by atoms with Gasteiger partial charge in [-0.05, 0) is 65.0 Å². The second-order valence-electron chi connectivity index (χ2n) is 7.70. The highest BCUT2D eigenvalue weighted by atomic mass is 32.2. The molecule has 1 amide bonds. The maximum atomic E-state index is 12.3. The minimum absolute atomic E-state index is 0.155. The second kappa shape index (κ2) is 7.91. The van der Waals surface area contributed by atoms with Crippen LogP contribution >= 0.6 is 11.8 Å². The molecule has 2 saturated heterocycles. The Morgan fingerprint density at radius 3 is 2.73 bits per heavy atom. The minimum atomic E-state index is -0.410. The van der Waals surface area contributed by atoms with Crippen LogP contribution in [0.2, 0.25) is 0 Å². The van der Waals surface area contributed by atoms with Gasteiger partial charge in [0.25, 0.3) is 0 Å². The van der Waals surface area contributed by atoms with Crippen molar-refractivity contribution < 1.29 is 9.53 Å². The Morgan fingerprint density at radius 2 is 2.09 bits per heavy atom. The van der Waals surface area contributed by atoms with Gasteiger partial charge in [-0.2, -0.15) is 11.8 Å². The quantitative estimate of drug-likeness (QED) is 0.861. The lowest BCUT2D eigenvalue weighted by Crippen LogP contribution is -2.50. The van der Waals surface area contributed by atoms with E-state index in [1.54, 1.807) is 0 Å². The van der Waals surface area contributed by atoms with Gasteiger partial charge in [0.15, 0.2) is 0 Å². The van der Waals surface area contributed by atoms with E-state index in [-0.39, 0.29) is 6.09 Å². The van der Waals surface area contributed by atoms with Crippen molar-refractivity contribution in [1.29, 1.82) is 0 Å². The molecule has 128 valence electrons. The number of amides is 1. The minimum Gasteiger partial charge on any atom is -0.444 e. The Morgan fingerprint density at radius 1 is 1.32 bits per heavy atom. The molecule has 0 radical (unpaired) electrons. The van der Waals surface area contributed by atoms with Crippen molar-refractivity contribution in [3.8, 4) is 0 Å². The molecular weight excluding hydrogens is 296 g/mol. The highest BCUT2D eigenvalue weighted by molar-refractivity contribution is 7.99. The number of rotatable bonds is 3. The molecule has 0 aromatic heterocycles. The van der Waals surface area contributed by atoms with Crippen LogP contribution in [0.15, 0.2) is 0 Å². The number of thioether (sulfide) groups is 1. The molecule has 4 nitrogen and oxygen atoms in total. The van der Waals surface area contributed by atoms with Gasteiger partial charge in [0.05, 0.1) is 0 Å². The Labute approximate surface area is 139 Å². The summed E-state index contributed by atoms with van der Waals surface area (Å²) in [7, 11) is 0. The third-order valence-corrected chi connectivity index (χ3v) is 5.69. The first-order valence-electron chi connectivity index (χ1n) is 8.67. The van der Waals surface area contributed by atoms with Gasteiger partial charge in [0.1, 0.15) is 5.60 Å². The number of likely N-dealkylation sites (tertiary alicyclic amines) is 1. The van der Waals surface area contributed by atoms with E-state index in [0.717, 1.165) is 19.5 Å². The molecule has 5 heteroatoms. The van der Waals surface area contributed by atoms with Crippen molar-refractivity contribution in [1.82, 2.24) is 10.2 Å². The van der Waals surface area contributed by atoms with E-state index in [0.29, 0.717) is 18.0 Å². The molecule has 2 rings (SSSR count). The highest BCUT2D eigenvalue weighted by Crippen LogP contribution is 2.24. The number of hydrogen-bond donors (Lipinski definition) is 1. The van der Waals surface area contributed by atoms with Crippen LogP contribution in [0.5, 0.6) is 0 Å². The predicted molar refractivity (Wildman–Crippen MR) is 93.5 cm³/mol. The number of hydrogen-bond acceptors (Lipinski definition) is 4. The van der Waals surface area contributed by atoms with Gasteiger partial charge in [0.2, 0.25) is 0 Å². The molecule has 0 bridgehead atoms. The van der Waals surface area contributed by atoms with Gasteiger partial charge in [-0.15, -0.1) is 0 Å². The van der Waals surface area contributed by atoms with Crippen molar-refractivity contribution in [3.05, 3.63) is 0 Å². The number of piperidine rings is 1. The molecule has 2 aliphatic rings. The maximum Gasteiger partial charge on any atom is 0.410 e. The summed E-state index contributed by atoms with van der Waals surface area (Å²) in [5.41, 5.74) is -0.410. The third-order valence-electron chi connectivity index (χ3n) is 4.48. The first kappa shape index (κ1) is 17.9. The van der Waals surface area contributed by atoms with Crippen molar-refractivity contribution in [3.63, 3.8) is 0 Å². The van der Waals surface area contributed by atoms with E-state index in [1.807, 2.05) is 25.7 Å². The molecule has 2 fully saturated rings. The van der Waals surface area contributed by atoms with Gasteiger partial charge in [0, 0.05) is 30.9 Å². The number of carbonyl (C=O) groups excluding carboxylic acids is 1. The normalized spacial score (nSPS) is 28.3. The van der Waals surface area contributed by atoms with Crippen LogP contribution < -0.4 is 5.32 Å². The topological polar surface area (TPSA) is 41.6 Å². The lowest BCUT2D eigenvalue weighted by Gasteiger charge is -2.38. The lowest BCUT2D eigenvalue weighted by atomic mass is 9.91. The standard InChI is InChI=1S/C17H32N2O2S/c1-13(18-15-8-6-10-22-12-15)14-7-5-9-19(11-14)16(20)21-17(2,3)4/h13-15,18H,5-12H2,1-4H3. The number of nitrogens with zero attached hydrogens (tertiary/aromatic N) is 1. The summed E-state index contributed by atoms with van der Waals surface area (Å²) in [5, 5.41) is 3.80. The van der Waals surface area contributed by atoms with E-state index in [9.17, 15) is 4.79 Å². The van der Waals surface area contributed by atoms with Gasteiger partial charge >= 0.3 is 6.09 Å². The monoisotopic (exact) mass is 328 g/mol. The van der Waals surface area contributed by atoms with E-state index >= 15 is 0 Å². The zero-order valence-electron chi connectivity index (χ0n) is 14.6.